The first-order chi connectivity index (χ1) is 12.9. The summed E-state index contributed by atoms with van der Waals surface area (Å²) in [6.45, 7) is 4.24. The summed E-state index contributed by atoms with van der Waals surface area (Å²) in [4.78, 5) is 26.7. The molecule has 6 nitrogen and oxygen atoms in total. The number of carbonyl (C=O) groups is 2. The Morgan fingerprint density at radius 2 is 1.93 bits per heavy atom. The van der Waals surface area contributed by atoms with Gasteiger partial charge in [-0.2, -0.15) is 0 Å². The van der Waals surface area contributed by atoms with Crippen LogP contribution in [0.1, 0.15) is 48.7 Å². The number of carbonyl (C=O) groups excluding carboxylic acids is 2. The van der Waals surface area contributed by atoms with Crippen molar-refractivity contribution in [2.75, 3.05) is 18.4 Å². The number of aryl methyl sites for hydroxylation is 1. The minimum absolute atomic E-state index is 0.0862. The summed E-state index contributed by atoms with van der Waals surface area (Å²) >= 11 is 11.9. The zero-order chi connectivity index (χ0) is 19.8. The van der Waals surface area contributed by atoms with E-state index in [0.29, 0.717) is 33.7 Å². The fourth-order valence-electron chi connectivity index (χ4n) is 2.57. The van der Waals surface area contributed by atoms with E-state index in [2.05, 4.69) is 17.4 Å². The van der Waals surface area contributed by atoms with Crippen molar-refractivity contribution in [2.45, 2.75) is 39.5 Å². The Balaban J connectivity index is 2.07. The third-order valence-corrected chi connectivity index (χ3v) is 4.70. The third-order valence-electron chi connectivity index (χ3n) is 3.97. The highest BCUT2D eigenvalue weighted by Crippen LogP contribution is 2.23. The molecule has 1 aromatic carbocycles. The van der Waals surface area contributed by atoms with Crippen LogP contribution in [-0.4, -0.2) is 35.0 Å². The Morgan fingerprint density at radius 3 is 2.56 bits per heavy atom. The third kappa shape index (κ3) is 6.56. The highest BCUT2D eigenvalue weighted by atomic mass is 35.5. The second-order valence-corrected chi connectivity index (χ2v) is 7.10. The lowest BCUT2D eigenvalue weighted by Crippen LogP contribution is -2.38. The Morgan fingerprint density at radius 1 is 1.15 bits per heavy atom. The van der Waals surface area contributed by atoms with Crippen molar-refractivity contribution in [3.8, 4) is 0 Å². The van der Waals surface area contributed by atoms with Crippen LogP contribution in [0.15, 0.2) is 28.8 Å². The minimum Gasteiger partial charge on any atom is -0.360 e. The van der Waals surface area contributed by atoms with Crippen molar-refractivity contribution < 1.29 is 14.1 Å². The molecule has 146 valence electrons. The number of hydrogen-bond acceptors (Lipinski definition) is 4. The lowest BCUT2D eigenvalue weighted by Gasteiger charge is -2.22. The van der Waals surface area contributed by atoms with Gasteiger partial charge in [-0.25, -0.2) is 0 Å². The molecule has 8 heteroatoms. The molecule has 1 N–H and O–H groups in total. The van der Waals surface area contributed by atoms with Crippen LogP contribution in [0.2, 0.25) is 10.0 Å². The standard InChI is InChI=1S/C19H23Cl2N3O3/c1-3-4-5-6-9-24(12-18(25)22-17-10-13(2)27-23-17)19(26)14-7-8-15(20)16(21)11-14/h7-8,10-11H,3-6,9,12H2,1-2H3,(H,22,23,25). The number of anilines is 1. The van der Waals surface area contributed by atoms with E-state index in [1.54, 1.807) is 25.1 Å². The summed E-state index contributed by atoms with van der Waals surface area (Å²) in [6.07, 6.45) is 3.98. The Bertz CT molecular complexity index is 792. The van der Waals surface area contributed by atoms with Gasteiger partial charge in [0.05, 0.1) is 10.0 Å². The molecule has 27 heavy (non-hydrogen) atoms. The first-order valence-corrected chi connectivity index (χ1v) is 9.63. The fraction of sp³-hybridized carbons (Fsp3) is 0.421. The summed E-state index contributed by atoms with van der Waals surface area (Å²) < 4.78 is 4.93. The molecule has 0 fully saturated rings. The van der Waals surface area contributed by atoms with Crippen LogP contribution < -0.4 is 5.32 Å². The first kappa shape index (κ1) is 21.3. The summed E-state index contributed by atoms with van der Waals surface area (Å²) in [5, 5.41) is 7.05. The monoisotopic (exact) mass is 411 g/mol. The largest absolute Gasteiger partial charge is 0.360 e. The maximum Gasteiger partial charge on any atom is 0.254 e. The second-order valence-electron chi connectivity index (χ2n) is 6.29. The number of hydrogen-bond donors (Lipinski definition) is 1. The van der Waals surface area contributed by atoms with E-state index in [1.807, 2.05) is 0 Å². The lowest BCUT2D eigenvalue weighted by atomic mass is 10.1. The predicted molar refractivity (Wildman–Crippen MR) is 106 cm³/mol. The molecule has 1 aromatic heterocycles. The number of halogens is 2. The van der Waals surface area contributed by atoms with Gasteiger partial charge in [0.15, 0.2) is 5.82 Å². The van der Waals surface area contributed by atoms with E-state index in [4.69, 9.17) is 27.7 Å². The molecule has 2 aromatic rings. The van der Waals surface area contributed by atoms with Gasteiger partial charge >= 0.3 is 0 Å². The van der Waals surface area contributed by atoms with E-state index in [0.717, 1.165) is 25.7 Å². The molecular weight excluding hydrogens is 389 g/mol. The fourth-order valence-corrected chi connectivity index (χ4v) is 2.87. The molecule has 2 amide bonds. The molecule has 0 aliphatic heterocycles. The topological polar surface area (TPSA) is 75.4 Å². The van der Waals surface area contributed by atoms with E-state index < -0.39 is 0 Å². The summed E-state index contributed by atoms with van der Waals surface area (Å²) in [6, 6.07) is 6.31. The number of unbranched alkanes of at least 4 members (excludes halogenated alkanes) is 3. The van der Waals surface area contributed by atoms with Crippen LogP contribution in [0.5, 0.6) is 0 Å². The van der Waals surface area contributed by atoms with Crippen LogP contribution in [0.3, 0.4) is 0 Å². The zero-order valence-corrected chi connectivity index (χ0v) is 16.9. The van der Waals surface area contributed by atoms with Crippen molar-refractivity contribution in [2.24, 2.45) is 0 Å². The SMILES string of the molecule is CCCCCCN(CC(=O)Nc1cc(C)on1)C(=O)c1ccc(Cl)c(Cl)c1. The van der Waals surface area contributed by atoms with Crippen molar-refractivity contribution >= 4 is 40.8 Å². The van der Waals surface area contributed by atoms with Crippen molar-refractivity contribution in [3.63, 3.8) is 0 Å². The van der Waals surface area contributed by atoms with Gasteiger partial charge in [-0.1, -0.05) is 54.5 Å². The van der Waals surface area contributed by atoms with Crippen LogP contribution in [0, 0.1) is 6.92 Å². The summed E-state index contributed by atoms with van der Waals surface area (Å²) in [5.74, 6) is 0.308. The summed E-state index contributed by atoms with van der Waals surface area (Å²) in [5.41, 5.74) is 0.393. The molecule has 2 rings (SSSR count). The summed E-state index contributed by atoms with van der Waals surface area (Å²) in [7, 11) is 0. The molecule has 0 atom stereocenters. The average Bonchev–Trinajstić information content (AvgIpc) is 3.04. The normalized spacial score (nSPS) is 10.7. The zero-order valence-electron chi connectivity index (χ0n) is 15.4. The molecule has 0 saturated heterocycles. The first-order valence-electron chi connectivity index (χ1n) is 8.88. The quantitative estimate of drug-likeness (QED) is 0.592. The van der Waals surface area contributed by atoms with Crippen molar-refractivity contribution in [3.05, 3.63) is 45.6 Å². The van der Waals surface area contributed by atoms with Crippen LogP contribution in [0.25, 0.3) is 0 Å². The molecule has 1 heterocycles. The maximum absolute atomic E-state index is 12.9. The van der Waals surface area contributed by atoms with Gasteiger partial charge in [-0.05, 0) is 31.5 Å². The molecule has 0 aliphatic rings. The van der Waals surface area contributed by atoms with Gasteiger partial charge in [0, 0.05) is 18.2 Å². The highest BCUT2D eigenvalue weighted by molar-refractivity contribution is 6.42. The van der Waals surface area contributed by atoms with Crippen LogP contribution in [-0.2, 0) is 4.79 Å². The van der Waals surface area contributed by atoms with Crippen LogP contribution >= 0.6 is 23.2 Å². The van der Waals surface area contributed by atoms with E-state index in [9.17, 15) is 9.59 Å². The second kappa shape index (κ2) is 10.3. The lowest BCUT2D eigenvalue weighted by molar-refractivity contribution is -0.117. The molecule has 0 bridgehead atoms. The molecule has 0 radical (unpaired) electrons. The molecule has 0 unspecified atom stereocenters. The van der Waals surface area contributed by atoms with Crippen LogP contribution in [0.4, 0.5) is 5.82 Å². The Hall–Kier alpha value is -2.05. The minimum atomic E-state index is -0.341. The van der Waals surface area contributed by atoms with Crippen molar-refractivity contribution in [1.82, 2.24) is 10.1 Å². The number of aromatic nitrogens is 1. The predicted octanol–water partition coefficient (Wildman–Crippen LogP) is 4.95. The van der Waals surface area contributed by atoms with Gasteiger partial charge in [0.1, 0.15) is 12.3 Å². The number of nitrogens with one attached hydrogen (secondary N) is 1. The van der Waals surface area contributed by atoms with E-state index in [-0.39, 0.29) is 18.4 Å². The number of nitrogens with zero attached hydrogens (tertiary/aromatic N) is 2. The number of amides is 2. The van der Waals surface area contributed by atoms with Gasteiger partial charge in [0.25, 0.3) is 5.91 Å². The molecule has 0 aliphatic carbocycles. The van der Waals surface area contributed by atoms with E-state index >= 15 is 0 Å². The van der Waals surface area contributed by atoms with Gasteiger partial charge < -0.3 is 14.7 Å². The van der Waals surface area contributed by atoms with Gasteiger partial charge in [-0.3, -0.25) is 9.59 Å². The maximum atomic E-state index is 12.9. The molecular formula is C19H23Cl2N3O3. The average molecular weight is 412 g/mol. The van der Waals surface area contributed by atoms with Gasteiger partial charge in [-0.15, -0.1) is 0 Å². The van der Waals surface area contributed by atoms with E-state index in [1.165, 1.54) is 11.0 Å². The van der Waals surface area contributed by atoms with Gasteiger partial charge in [0.2, 0.25) is 5.91 Å². The molecule has 0 spiro atoms. The Labute approximate surface area is 168 Å². The smallest absolute Gasteiger partial charge is 0.254 e. The highest BCUT2D eigenvalue weighted by Gasteiger charge is 2.20. The number of benzene rings is 1. The Kier molecular flexibility index (Phi) is 8.13. The molecule has 0 saturated carbocycles. The number of rotatable bonds is 9. The van der Waals surface area contributed by atoms with Crippen molar-refractivity contribution in [1.29, 1.82) is 0 Å².